The second-order valence-electron chi connectivity index (χ2n) is 3.77. The van der Waals surface area contributed by atoms with Crippen molar-refractivity contribution >= 4 is 5.91 Å². The molecule has 0 heterocycles. The molecule has 0 aliphatic rings. The van der Waals surface area contributed by atoms with Crippen molar-refractivity contribution in [3.05, 3.63) is 0 Å². The number of carbonyl (C=O) groups is 1. The number of hydrogen-bond donors (Lipinski definition) is 1. The Balaban J connectivity index is 4.01. The molecule has 1 amide bonds. The lowest BCUT2D eigenvalue weighted by atomic mass is 9.94. The van der Waals surface area contributed by atoms with Gasteiger partial charge in [-0.3, -0.25) is 4.79 Å². The van der Waals surface area contributed by atoms with E-state index < -0.39 is 5.41 Å². The largest absolute Gasteiger partial charge is 0.380 e. The van der Waals surface area contributed by atoms with E-state index in [4.69, 9.17) is 10.00 Å². The Morgan fingerprint density at radius 3 is 2.64 bits per heavy atom. The predicted octanol–water partition coefficient (Wildman–Crippen LogP) is 1.08. The summed E-state index contributed by atoms with van der Waals surface area (Å²) in [6.07, 6.45) is 0. The summed E-state index contributed by atoms with van der Waals surface area (Å²) in [5, 5.41) is 11.4. The smallest absolute Gasteiger partial charge is 0.240 e. The molecular weight excluding hydrogens is 180 g/mol. The summed E-state index contributed by atoms with van der Waals surface area (Å²) in [5.74, 6) is -0.257. The molecule has 0 aromatic carbocycles. The molecule has 1 N–H and O–H groups in total. The molecule has 4 heteroatoms. The van der Waals surface area contributed by atoms with Crippen LogP contribution in [-0.4, -0.2) is 25.2 Å². The number of amides is 1. The molecule has 0 rings (SSSR count). The van der Waals surface area contributed by atoms with E-state index in [2.05, 4.69) is 5.32 Å². The van der Waals surface area contributed by atoms with E-state index in [1.807, 2.05) is 19.9 Å². The summed E-state index contributed by atoms with van der Waals surface area (Å²) in [6.45, 7) is 8.03. The van der Waals surface area contributed by atoms with Gasteiger partial charge in [0.15, 0.2) is 0 Å². The third kappa shape index (κ3) is 4.24. The van der Waals surface area contributed by atoms with Gasteiger partial charge in [-0.15, -0.1) is 0 Å². The van der Waals surface area contributed by atoms with E-state index in [0.717, 1.165) is 0 Å². The highest BCUT2D eigenvalue weighted by Crippen LogP contribution is 2.12. The van der Waals surface area contributed by atoms with E-state index in [-0.39, 0.29) is 11.9 Å². The van der Waals surface area contributed by atoms with Gasteiger partial charge in [0.25, 0.3) is 0 Å². The average Bonchev–Trinajstić information content (AvgIpc) is 2.14. The Morgan fingerprint density at radius 1 is 1.64 bits per heavy atom. The zero-order valence-corrected chi connectivity index (χ0v) is 9.26. The maximum Gasteiger partial charge on any atom is 0.240 e. The van der Waals surface area contributed by atoms with Crippen LogP contribution >= 0.6 is 0 Å². The van der Waals surface area contributed by atoms with Gasteiger partial charge in [0.05, 0.1) is 12.7 Å². The van der Waals surface area contributed by atoms with Crippen LogP contribution in [0.3, 0.4) is 0 Å². The maximum absolute atomic E-state index is 11.5. The van der Waals surface area contributed by atoms with Crippen LogP contribution in [0.25, 0.3) is 0 Å². The van der Waals surface area contributed by atoms with Gasteiger partial charge in [0.2, 0.25) is 5.91 Å². The summed E-state index contributed by atoms with van der Waals surface area (Å²) in [5.41, 5.74) is -0.972. The van der Waals surface area contributed by atoms with Crippen LogP contribution in [0, 0.1) is 16.7 Å². The minimum Gasteiger partial charge on any atom is -0.380 e. The van der Waals surface area contributed by atoms with Crippen LogP contribution in [0.4, 0.5) is 0 Å². The van der Waals surface area contributed by atoms with E-state index in [9.17, 15) is 4.79 Å². The fraction of sp³-hybridized carbons (Fsp3) is 0.800. The van der Waals surface area contributed by atoms with Crippen molar-refractivity contribution in [3.8, 4) is 6.07 Å². The molecule has 0 aromatic rings. The SMILES string of the molecule is CCOCC(C)NC(=O)C(C)(C)C#N. The first-order valence-electron chi connectivity index (χ1n) is 4.74. The van der Waals surface area contributed by atoms with Crippen molar-refractivity contribution < 1.29 is 9.53 Å². The Kier molecular flexibility index (Phi) is 5.18. The van der Waals surface area contributed by atoms with Crippen molar-refractivity contribution in [1.29, 1.82) is 5.26 Å². The maximum atomic E-state index is 11.5. The standard InChI is InChI=1S/C10H18N2O2/c1-5-14-6-8(2)12-9(13)10(3,4)7-11/h8H,5-6H2,1-4H3,(H,12,13). The van der Waals surface area contributed by atoms with Crippen molar-refractivity contribution in [1.82, 2.24) is 5.32 Å². The quantitative estimate of drug-likeness (QED) is 0.719. The highest BCUT2D eigenvalue weighted by molar-refractivity contribution is 5.84. The molecule has 0 aromatic heterocycles. The van der Waals surface area contributed by atoms with Gasteiger partial charge in [-0.05, 0) is 27.7 Å². The lowest BCUT2D eigenvalue weighted by Gasteiger charge is -2.19. The normalized spacial score (nSPS) is 13.1. The van der Waals surface area contributed by atoms with E-state index >= 15 is 0 Å². The van der Waals surface area contributed by atoms with Crippen molar-refractivity contribution in [2.75, 3.05) is 13.2 Å². The summed E-state index contributed by atoms with van der Waals surface area (Å²) >= 11 is 0. The molecule has 80 valence electrons. The van der Waals surface area contributed by atoms with Crippen molar-refractivity contribution in [2.45, 2.75) is 33.7 Å². The van der Waals surface area contributed by atoms with E-state index in [1.165, 1.54) is 0 Å². The van der Waals surface area contributed by atoms with Gasteiger partial charge in [0.1, 0.15) is 5.41 Å². The number of nitrogens with zero attached hydrogens (tertiary/aromatic N) is 1. The zero-order chi connectivity index (χ0) is 11.2. The molecule has 0 radical (unpaired) electrons. The molecule has 0 bridgehead atoms. The third-order valence-electron chi connectivity index (χ3n) is 1.80. The molecule has 14 heavy (non-hydrogen) atoms. The van der Waals surface area contributed by atoms with Gasteiger partial charge < -0.3 is 10.1 Å². The lowest BCUT2D eigenvalue weighted by Crippen LogP contribution is -2.43. The van der Waals surface area contributed by atoms with Gasteiger partial charge in [-0.2, -0.15) is 5.26 Å². The molecule has 1 atom stereocenters. The molecule has 0 aliphatic heterocycles. The highest BCUT2D eigenvalue weighted by Gasteiger charge is 2.27. The van der Waals surface area contributed by atoms with Crippen molar-refractivity contribution in [2.24, 2.45) is 5.41 Å². The first-order valence-corrected chi connectivity index (χ1v) is 4.74. The third-order valence-corrected chi connectivity index (χ3v) is 1.80. The lowest BCUT2D eigenvalue weighted by molar-refractivity contribution is -0.127. The molecule has 0 saturated carbocycles. The van der Waals surface area contributed by atoms with Gasteiger partial charge in [-0.1, -0.05) is 0 Å². The Bertz CT molecular complexity index is 231. The highest BCUT2D eigenvalue weighted by atomic mass is 16.5. The second-order valence-corrected chi connectivity index (χ2v) is 3.77. The summed E-state index contributed by atoms with van der Waals surface area (Å²) in [4.78, 5) is 11.5. The topological polar surface area (TPSA) is 62.1 Å². The van der Waals surface area contributed by atoms with Gasteiger partial charge in [-0.25, -0.2) is 0 Å². The summed E-state index contributed by atoms with van der Waals surface area (Å²) < 4.78 is 5.14. The number of hydrogen-bond acceptors (Lipinski definition) is 3. The van der Waals surface area contributed by atoms with Crippen LogP contribution in [0.1, 0.15) is 27.7 Å². The number of rotatable bonds is 5. The van der Waals surface area contributed by atoms with Crippen molar-refractivity contribution in [3.63, 3.8) is 0 Å². The molecule has 0 spiro atoms. The van der Waals surface area contributed by atoms with Gasteiger partial charge >= 0.3 is 0 Å². The minimum absolute atomic E-state index is 0.0601. The molecule has 0 aliphatic carbocycles. The monoisotopic (exact) mass is 198 g/mol. The Hall–Kier alpha value is -1.08. The molecule has 1 unspecified atom stereocenters. The minimum atomic E-state index is -0.972. The number of nitrogens with one attached hydrogen (secondary N) is 1. The Labute approximate surface area is 85.2 Å². The molecule has 0 saturated heterocycles. The fourth-order valence-corrected chi connectivity index (χ4v) is 0.791. The number of nitriles is 1. The molecule has 4 nitrogen and oxygen atoms in total. The predicted molar refractivity (Wildman–Crippen MR) is 53.5 cm³/mol. The van der Waals surface area contributed by atoms with E-state index in [1.54, 1.807) is 13.8 Å². The molecule has 0 fully saturated rings. The summed E-state index contributed by atoms with van der Waals surface area (Å²) in [7, 11) is 0. The van der Waals surface area contributed by atoms with Crippen LogP contribution in [0.2, 0.25) is 0 Å². The van der Waals surface area contributed by atoms with Crippen LogP contribution in [0.5, 0.6) is 0 Å². The van der Waals surface area contributed by atoms with E-state index in [0.29, 0.717) is 13.2 Å². The van der Waals surface area contributed by atoms with Crippen LogP contribution < -0.4 is 5.32 Å². The first kappa shape index (κ1) is 12.9. The average molecular weight is 198 g/mol. The molecular formula is C10H18N2O2. The number of ether oxygens (including phenoxy) is 1. The fourth-order valence-electron chi connectivity index (χ4n) is 0.791. The summed E-state index contributed by atoms with van der Waals surface area (Å²) in [6, 6.07) is 1.89. The number of carbonyl (C=O) groups excluding carboxylic acids is 1. The first-order chi connectivity index (χ1) is 6.44. The second kappa shape index (κ2) is 5.61. The zero-order valence-electron chi connectivity index (χ0n) is 9.26. The Morgan fingerprint density at radius 2 is 2.21 bits per heavy atom. The van der Waals surface area contributed by atoms with Crippen LogP contribution in [-0.2, 0) is 9.53 Å². The van der Waals surface area contributed by atoms with Crippen LogP contribution in [0.15, 0.2) is 0 Å². The van der Waals surface area contributed by atoms with Gasteiger partial charge in [0, 0.05) is 12.6 Å².